The second kappa shape index (κ2) is 3.34. The fourth-order valence-electron chi connectivity index (χ4n) is 1.68. The Bertz CT molecular complexity index is 542. The molecule has 80 valence electrons. The molecular weight excluding hydrogens is 226 g/mol. The normalized spacial score (nSPS) is 23.6. The maximum atomic E-state index is 11.7. The standard InChI is InChI=1S/C10H7N3O2S/c11-10-12-8(14)7-5(4-16-9(7)13-10)6-2-1-3-15-6/h1-4,7H,(H2,11,12,14). The predicted molar refractivity (Wildman–Crippen MR) is 61.8 cm³/mol. The maximum Gasteiger partial charge on any atom is 0.263 e. The summed E-state index contributed by atoms with van der Waals surface area (Å²) in [6.07, 6.45) is 1.57. The van der Waals surface area contributed by atoms with Crippen molar-refractivity contribution in [1.82, 2.24) is 0 Å². The number of aliphatic imine (C=N–C) groups is 2. The molecule has 6 heteroatoms. The lowest BCUT2D eigenvalue weighted by Gasteiger charge is -2.13. The van der Waals surface area contributed by atoms with Crippen LogP contribution in [0.5, 0.6) is 0 Å². The van der Waals surface area contributed by atoms with Crippen LogP contribution >= 0.6 is 11.8 Å². The van der Waals surface area contributed by atoms with E-state index in [9.17, 15) is 4.79 Å². The quantitative estimate of drug-likeness (QED) is 0.791. The number of nitrogens with two attached hydrogens (primary N) is 1. The van der Waals surface area contributed by atoms with E-state index in [2.05, 4.69) is 9.98 Å². The second-order valence-electron chi connectivity index (χ2n) is 3.36. The molecular formula is C10H7N3O2S. The van der Waals surface area contributed by atoms with Crippen molar-refractivity contribution in [2.75, 3.05) is 0 Å². The molecule has 2 N–H and O–H groups in total. The first kappa shape index (κ1) is 9.41. The molecule has 2 aliphatic heterocycles. The molecule has 5 nitrogen and oxygen atoms in total. The number of nitrogens with zero attached hydrogens (tertiary/aromatic N) is 2. The minimum absolute atomic E-state index is 0.0258. The lowest BCUT2D eigenvalue weighted by atomic mass is 9.98. The number of rotatable bonds is 1. The SMILES string of the molecule is NC1=NC(=O)C2C(c3ccco3)=CSC2=N1. The number of carbonyl (C=O) groups excluding carboxylic acids is 1. The molecule has 1 atom stereocenters. The van der Waals surface area contributed by atoms with Crippen LogP contribution in [0.2, 0.25) is 0 Å². The molecule has 0 radical (unpaired) electrons. The van der Waals surface area contributed by atoms with E-state index in [1.165, 1.54) is 11.8 Å². The number of hydrogen-bond acceptors (Lipinski definition) is 5. The second-order valence-corrected chi connectivity index (χ2v) is 4.25. The molecule has 0 aliphatic carbocycles. The van der Waals surface area contributed by atoms with Crippen LogP contribution in [0.3, 0.4) is 0 Å². The van der Waals surface area contributed by atoms with E-state index < -0.39 is 5.92 Å². The van der Waals surface area contributed by atoms with Crippen LogP contribution in [0.1, 0.15) is 5.76 Å². The summed E-state index contributed by atoms with van der Waals surface area (Å²) < 4.78 is 5.27. The predicted octanol–water partition coefficient (Wildman–Crippen LogP) is 1.24. The van der Waals surface area contributed by atoms with E-state index in [4.69, 9.17) is 10.2 Å². The summed E-state index contributed by atoms with van der Waals surface area (Å²) in [7, 11) is 0. The lowest BCUT2D eigenvalue weighted by Crippen LogP contribution is -2.28. The minimum atomic E-state index is -0.441. The molecule has 3 rings (SSSR count). The van der Waals surface area contributed by atoms with Crippen LogP contribution in [0, 0.1) is 5.92 Å². The first-order valence-electron chi connectivity index (χ1n) is 4.63. The summed E-state index contributed by atoms with van der Waals surface area (Å²) in [6.45, 7) is 0. The van der Waals surface area contributed by atoms with Crippen LogP contribution in [-0.4, -0.2) is 16.9 Å². The molecule has 16 heavy (non-hydrogen) atoms. The van der Waals surface area contributed by atoms with Crippen molar-refractivity contribution < 1.29 is 9.21 Å². The summed E-state index contributed by atoms with van der Waals surface area (Å²) in [5.41, 5.74) is 6.23. The summed E-state index contributed by atoms with van der Waals surface area (Å²) >= 11 is 1.39. The Morgan fingerprint density at radius 1 is 1.44 bits per heavy atom. The third-order valence-corrected chi connectivity index (χ3v) is 3.31. The van der Waals surface area contributed by atoms with Crippen molar-refractivity contribution >= 4 is 34.2 Å². The molecule has 1 aromatic heterocycles. The zero-order valence-electron chi connectivity index (χ0n) is 8.08. The highest BCUT2D eigenvalue weighted by Crippen LogP contribution is 2.39. The molecule has 0 saturated heterocycles. The molecule has 0 fully saturated rings. The van der Waals surface area contributed by atoms with Crippen LogP contribution < -0.4 is 5.73 Å². The van der Waals surface area contributed by atoms with Gasteiger partial charge in [-0.15, -0.1) is 0 Å². The van der Waals surface area contributed by atoms with Gasteiger partial charge in [-0.3, -0.25) is 4.79 Å². The van der Waals surface area contributed by atoms with E-state index in [-0.39, 0.29) is 11.9 Å². The van der Waals surface area contributed by atoms with E-state index >= 15 is 0 Å². The van der Waals surface area contributed by atoms with E-state index in [1.54, 1.807) is 12.3 Å². The largest absolute Gasteiger partial charge is 0.465 e. The molecule has 0 aromatic carbocycles. The number of furan rings is 1. The van der Waals surface area contributed by atoms with Gasteiger partial charge < -0.3 is 10.2 Å². The zero-order chi connectivity index (χ0) is 11.1. The lowest BCUT2D eigenvalue weighted by molar-refractivity contribution is -0.118. The van der Waals surface area contributed by atoms with Gasteiger partial charge in [0.15, 0.2) is 0 Å². The Morgan fingerprint density at radius 2 is 2.31 bits per heavy atom. The maximum absolute atomic E-state index is 11.7. The van der Waals surface area contributed by atoms with Gasteiger partial charge in [-0.25, -0.2) is 4.99 Å². The molecule has 1 aromatic rings. The van der Waals surface area contributed by atoms with Gasteiger partial charge in [0.25, 0.3) is 5.91 Å². The first-order valence-corrected chi connectivity index (χ1v) is 5.51. The van der Waals surface area contributed by atoms with Gasteiger partial charge in [-0.2, -0.15) is 4.99 Å². The average Bonchev–Trinajstić information content (AvgIpc) is 2.82. The number of amides is 1. The highest BCUT2D eigenvalue weighted by Gasteiger charge is 2.37. The Morgan fingerprint density at radius 3 is 3.06 bits per heavy atom. The Balaban J connectivity index is 2.03. The van der Waals surface area contributed by atoms with Crippen molar-refractivity contribution in [3.63, 3.8) is 0 Å². The highest BCUT2D eigenvalue weighted by molar-refractivity contribution is 8.17. The van der Waals surface area contributed by atoms with Crippen molar-refractivity contribution in [3.05, 3.63) is 29.6 Å². The molecule has 1 unspecified atom stereocenters. The van der Waals surface area contributed by atoms with Crippen molar-refractivity contribution in [2.24, 2.45) is 21.6 Å². The number of hydrogen-bond donors (Lipinski definition) is 1. The van der Waals surface area contributed by atoms with Crippen LogP contribution in [0.4, 0.5) is 0 Å². The Labute approximate surface area is 95.1 Å². The van der Waals surface area contributed by atoms with Crippen LogP contribution in [0.15, 0.2) is 38.2 Å². The fourth-order valence-corrected chi connectivity index (χ4v) is 2.69. The number of guanidine groups is 1. The summed E-state index contributed by atoms with van der Waals surface area (Å²) in [4.78, 5) is 19.5. The molecule has 0 saturated carbocycles. The van der Waals surface area contributed by atoms with E-state index in [1.807, 2.05) is 11.5 Å². The van der Waals surface area contributed by atoms with Gasteiger partial charge >= 0.3 is 0 Å². The Kier molecular flexibility index (Phi) is 1.97. The van der Waals surface area contributed by atoms with E-state index in [0.717, 1.165) is 5.57 Å². The number of fused-ring (bicyclic) bond motifs is 1. The van der Waals surface area contributed by atoms with Crippen LogP contribution in [-0.2, 0) is 4.79 Å². The van der Waals surface area contributed by atoms with E-state index in [0.29, 0.717) is 10.8 Å². The van der Waals surface area contributed by atoms with Gasteiger partial charge in [-0.1, -0.05) is 11.8 Å². The van der Waals surface area contributed by atoms with Crippen molar-refractivity contribution in [2.45, 2.75) is 0 Å². The third-order valence-electron chi connectivity index (χ3n) is 2.37. The molecule has 0 spiro atoms. The molecule has 2 aliphatic rings. The summed E-state index contributed by atoms with van der Waals surface area (Å²) in [6, 6.07) is 3.59. The van der Waals surface area contributed by atoms with Gasteiger partial charge in [0.1, 0.15) is 11.7 Å². The number of thioether (sulfide) groups is 1. The Hall–Kier alpha value is -1.82. The van der Waals surface area contributed by atoms with Gasteiger partial charge in [0, 0.05) is 5.57 Å². The smallest absolute Gasteiger partial charge is 0.263 e. The zero-order valence-corrected chi connectivity index (χ0v) is 8.90. The summed E-state index contributed by atoms with van der Waals surface area (Å²) in [5, 5.41) is 2.53. The first-order chi connectivity index (χ1) is 7.75. The molecule has 1 amide bonds. The molecule has 3 heterocycles. The van der Waals surface area contributed by atoms with Crippen molar-refractivity contribution in [1.29, 1.82) is 0 Å². The van der Waals surface area contributed by atoms with Gasteiger partial charge in [0.05, 0.1) is 11.3 Å². The fraction of sp³-hybridized carbons (Fsp3) is 0.100. The topological polar surface area (TPSA) is 81.0 Å². The van der Waals surface area contributed by atoms with Gasteiger partial charge in [-0.05, 0) is 17.5 Å². The van der Waals surface area contributed by atoms with Crippen LogP contribution in [0.25, 0.3) is 5.57 Å². The highest BCUT2D eigenvalue weighted by atomic mass is 32.2. The monoisotopic (exact) mass is 233 g/mol. The van der Waals surface area contributed by atoms with Gasteiger partial charge in [0.2, 0.25) is 5.96 Å². The molecule has 0 bridgehead atoms. The van der Waals surface area contributed by atoms with Crippen molar-refractivity contribution in [3.8, 4) is 0 Å². The minimum Gasteiger partial charge on any atom is -0.465 e. The average molecular weight is 233 g/mol. The number of carbonyl (C=O) groups is 1. The third kappa shape index (κ3) is 1.30. The summed E-state index contributed by atoms with van der Waals surface area (Å²) in [5.74, 6) is -0.0248.